The fraction of sp³-hybridized carbons (Fsp3) is 0.692. The van der Waals surface area contributed by atoms with Crippen LogP contribution in [0, 0.1) is 0 Å². The lowest BCUT2D eigenvalue weighted by molar-refractivity contribution is 0.000115. The smallest absolute Gasteiger partial charge is 0.359 e. The predicted molar refractivity (Wildman–Crippen MR) is 70.1 cm³/mol. The molecule has 1 aliphatic rings. The third-order valence-electron chi connectivity index (χ3n) is 3.15. The summed E-state index contributed by atoms with van der Waals surface area (Å²) in [6.45, 7) is 7.93. The van der Waals surface area contributed by atoms with Gasteiger partial charge >= 0.3 is 5.97 Å². The van der Waals surface area contributed by atoms with Crippen molar-refractivity contribution in [2.45, 2.75) is 26.4 Å². The van der Waals surface area contributed by atoms with E-state index >= 15 is 0 Å². The number of H-pyrrole nitrogens is 1. The largest absolute Gasteiger partial charge is 0.457 e. The summed E-state index contributed by atoms with van der Waals surface area (Å²) in [6, 6.07) is 1.74. The molecular weight excluding hydrogens is 246 g/mol. The minimum atomic E-state index is -0.364. The fourth-order valence-electron chi connectivity index (χ4n) is 2.08. The standard InChI is InChI=1S/C13H21N3O3/c1-3-11-8-12(15-14-11)13(17)19-10(2)9-16-4-6-18-7-5-16/h8,10H,3-7,9H2,1-2H3,(H,14,15). The van der Waals surface area contributed by atoms with Gasteiger partial charge in [-0.1, -0.05) is 6.92 Å². The van der Waals surface area contributed by atoms with Crippen molar-refractivity contribution in [1.29, 1.82) is 0 Å². The van der Waals surface area contributed by atoms with E-state index in [4.69, 9.17) is 9.47 Å². The lowest BCUT2D eigenvalue weighted by atomic mass is 10.3. The normalized spacial score (nSPS) is 18.2. The van der Waals surface area contributed by atoms with E-state index in [1.165, 1.54) is 0 Å². The molecule has 19 heavy (non-hydrogen) atoms. The maximum Gasteiger partial charge on any atom is 0.359 e. The van der Waals surface area contributed by atoms with Gasteiger partial charge in [0, 0.05) is 25.3 Å². The maximum atomic E-state index is 11.9. The van der Waals surface area contributed by atoms with E-state index in [0.717, 1.165) is 45.0 Å². The second-order valence-electron chi connectivity index (χ2n) is 4.76. The Labute approximate surface area is 113 Å². The molecule has 2 rings (SSSR count). The van der Waals surface area contributed by atoms with Gasteiger partial charge in [0.2, 0.25) is 0 Å². The number of rotatable bonds is 5. The zero-order valence-corrected chi connectivity index (χ0v) is 11.5. The molecule has 1 unspecified atom stereocenters. The van der Waals surface area contributed by atoms with E-state index in [1.54, 1.807) is 6.07 Å². The SMILES string of the molecule is CCc1cc(C(=O)OC(C)CN2CCOCC2)n[nH]1. The molecular formula is C13H21N3O3. The molecule has 1 aliphatic heterocycles. The van der Waals surface area contributed by atoms with Gasteiger partial charge in [0.05, 0.1) is 13.2 Å². The second kappa shape index (κ2) is 6.68. The highest BCUT2D eigenvalue weighted by Gasteiger charge is 2.18. The number of hydrogen-bond acceptors (Lipinski definition) is 5. The topological polar surface area (TPSA) is 67.4 Å². The van der Waals surface area contributed by atoms with E-state index in [-0.39, 0.29) is 12.1 Å². The number of nitrogens with one attached hydrogen (secondary N) is 1. The number of carbonyl (C=O) groups is 1. The first kappa shape index (κ1) is 14.0. The van der Waals surface area contributed by atoms with Crippen LogP contribution in [0.3, 0.4) is 0 Å². The first-order valence-corrected chi connectivity index (χ1v) is 6.74. The molecule has 1 aromatic heterocycles. The van der Waals surface area contributed by atoms with E-state index in [1.807, 2.05) is 13.8 Å². The van der Waals surface area contributed by atoms with Crippen LogP contribution in [-0.2, 0) is 15.9 Å². The monoisotopic (exact) mass is 267 g/mol. The van der Waals surface area contributed by atoms with E-state index in [9.17, 15) is 4.79 Å². The molecule has 6 nitrogen and oxygen atoms in total. The van der Waals surface area contributed by atoms with E-state index in [2.05, 4.69) is 15.1 Å². The summed E-state index contributed by atoms with van der Waals surface area (Å²) >= 11 is 0. The molecule has 1 aromatic rings. The predicted octanol–water partition coefficient (Wildman–Crippen LogP) is 0.850. The number of nitrogens with zero attached hydrogens (tertiary/aromatic N) is 2. The second-order valence-corrected chi connectivity index (χ2v) is 4.76. The Kier molecular flexibility index (Phi) is 4.93. The van der Waals surface area contributed by atoms with Gasteiger partial charge in [0.25, 0.3) is 0 Å². The highest BCUT2D eigenvalue weighted by molar-refractivity contribution is 5.87. The number of hydrogen-bond donors (Lipinski definition) is 1. The minimum absolute atomic E-state index is 0.146. The Hall–Kier alpha value is -1.40. The lowest BCUT2D eigenvalue weighted by Crippen LogP contribution is -2.41. The van der Waals surface area contributed by atoms with Crippen LogP contribution in [0.25, 0.3) is 0 Å². The van der Waals surface area contributed by atoms with Crippen molar-refractivity contribution in [3.05, 3.63) is 17.5 Å². The molecule has 0 saturated carbocycles. The Morgan fingerprint density at radius 1 is 1.58 bits per heavy atom. The van der Waals surface area contributed by atoms with Gasteiger partial charge < -0.3 is 9.47 Å². The summed E-state index contributed by atoms with van der Waals surface area (Å²) in [6.07, 6.45) is 0.677. The minimum Gasteiger partial charge on any atom is -0.457 e. The van der Waals surface area contributed by atoms with E-state index < -0.39 is 0 Å². The summed E-state index contributed by atoms with van der Waals surface area (Å²) in [7, 11) is 0. The van der Waals surface area contributed by atoms with Crippen molar-refractivity contribution < 1.29 is 14.3 Å². The number of aromatic nitrogens is 2. The molecule has 1 saturated heterocycles. The first-order valence-electron chi connectivity index (χ1n) is 6.74. The van der Waals surface area contributed by atoms with Crippen molar-refractivity contribution in [2.24, 2.45) is 0 Å². The van der Waals surface area contributed by atoms with Crippen molar-refractivity contribution >= 4 is 5.97 Å². The van der Waals surface area contributed by atoms with Gasteiger partial charge in [-0.2, -0.15) is 5.10 Å². The summed E-state index contributed by atoms with van der Waals surface area (Å²) in [5.41, 5.74) is 1.29. The Morgan fingerprint density at radius 3 is 2.95 bits per heavy atom. The molecule has 0 aromatic carbocycles. The molecule has 0 amide bonds. The Balaban J connectivity index is 1.80. The van der Waals surface area contributed by atoms with Gasteiger partial charge in [0.1, 0.15) is 6.10 Å². The zero-order chi connectivity index (χ0) is 13.7. The van der Waals surface area contributed by atoms with E-state index in [0.29, 0.717) is 5.69 Å². The molecule has 1 fully saturated rings. The molecule has 106 valence electrons. The highest BCUT2D eigenvalue weighted by Crippen LogP contribution is 2.06. The first-order chi connectivity index (χ1) is 9.19. The van der Waals surface area contributed by atoms with Crippen LogP contribution in [0.1, 0.15) is 30.0 Å². The third kappa shape index (κ3) is 4.04. The van der Waals surface area contributed by atoms with Crippen molar-refractivity contribution in [2.75, 3.05) is 32.8 Å². The molecule has 1 atom stereocenters. The Morgan fingerprint density at radius 2 is 2.32 bits per heavy atom. The number of morpholine rings is 1. The summed E-state index contributed by atoms with van der Waals surface area (Å²) in [5.74, 6) is -0.364. The molecule has 0 aliphatic carbocycles. The molecule has 1 N–H and O–H groups in total. The number of esters is 1. The van der Waals surface area contributed by atoms with Crippen LogP contribution in [0.15, 0.2) is 6.07 Å². The fourth-order valence-corrected chi connectivity index (χ4v) is 2.08. The number of ether oxygens (including phenoxy) is 2. The van der Waals surface area contributed by atoms with Crippen LogP contribution in [0.4, 0.5) is 0 Å². The number of carbonyl (C=O) groups excluding carboxylic acids is 1. The zero-order valence-electron chi connectivity index (χ0n) is 11.5. The van der Waals surface area contributed by atoms with Crippen LogP contribution in [0.2, 0.25) is 0 Å². The molecule has 0 radical (unpaired) electrons. The average molecular weight is 267 g/mol. The van der Waals surface area contributed by atoms with Gasteiger partial charge in [-0.25, -0.2) is 4.79 Å². The quantitative estimate of drug-likeness (QED) is 0.801. The molecule has 2 heterocycles. The van der Waals surface area contributed by atoms with Crippen LogP contribution in [-0.4, -0.2) is 60.0 Å². The summed E-state index contributed by atoms with van der Waals surface area (Å²) < 4.78 is 10.7. The average Bonchev–Trinajstić information content (AvgIpc) is 2.88. The van der Waals surface area contributed by atoms with Gasteiger partial charge in [-0.15, -0.1) is 0 Å². The van der Waals surface area contributed by atoms with Gasteiger partial charge in [0.15, 0.2) is 5.69 Å². The molecule has 6 heteroatoms. The maximum absolute atomic E-state index is 11.9. The van der Waals surface area contributed by atoms with Crippen LogP contribution < -0.4 is 0 Å². The summed E-state index contributed by atoms with van der Waals surface area (Å²) in [5, 5.41) is 6.77. The van der Waals surface area contributed by atoms with Crippen molar-refractivity contribution in [1.82, 2.24) is 15.1 Å². The number of aromatic amines is 1. The van der Waals surface area contributed by atoms with Gasteiger partial charge in [-0.05, 0) is 19.4 Å². The van der Waals surface area contributed by atoms with Crippen molar-refractivity contribution in [3.63, 3.8) is 0 Å². The lowest BCUT2D eigenvalue weighted by Gasteiger charge is -2.28. The molecule has 0 spiro atoms. The highest BCUT2D eigenvalue weighted by atomic mass is 16.5. The number of aryl methyl sites for hydroxylation is 1. The van der Waals surface area contributed by atoms with Crippen molar-refractivity contribution in [3.8, 4) is 0 Å². The Bertz CT molecular complexity index is 413. The third-order valence-corrected chi connectivity index (χ3v) is 3.15. The van der Waals surface area contributed by atoms with Crippen LogP contribution >= 0.6 is 0 Å². The van der Waals surface area contributed by atoms with Crippen LogP contribution in [0.5, 0.6) is 0 Å². The molecule has 0 bridgehead atoms. The summed E-state index contributed by atoms with van der Waals surface area (Å²) in [4.78, 5) is 14.1. The van der Waals surface area contributed by atoms with Gasteiger partial charge in [-0.3, -0.25) is 10.00 Å².